The Hall–Kier alpha value is -1.36. The van der Waals surface area contributed by atoms with Crippen molar-refractivity contribution >= 4 is 11.9 Å². The van der Waals surface area contributed by atoms with Crippen LogP contribution in [0.5, 0.6) is 0 Å². The van der Waals surface area contributed by atoms with E-state index >= 15 is 0 Å². The van der Waals surface area contributed by atoms with Crippen molar-refractivity contribution in [3.63, 3.8) is 0 Å². The van der Waals surface area contributed by atoms with Gasteiger partial charge in [-0.3, -0.25) is 4.79 Å². The molecule has 5 nitrogen and oxygen atoms in total. The molecule has 0 aromatic carbocycles. The van der Waals surface area contributed by atoms with Crippen molar-refractivity contribution in [1.29, 1.82) is 0 Å². The van der Waals surface area contributed by atoms with Crippen molar-refractivity contribution in [1.82, 2.24) is 10.6 Å². The maximum absolute atomic E-state index is 11.2. The van der Waals surface area contributed by atoms with Crippen LogP contribution in [0.15, 0.2) is 12.7 Å². The number of hydrogen-bond acceptors (Lipinski definition) is 3. The average molecular weight is 214 g/mol. The topological polar surface area (TPSA) is 78.4 Å². The monoisotopic (exact) mass is 214 g/mol. The van der Waals surface area contributed by atoms with E-state index < -0.39 is 12.0 Å². The second-order valence-electron chi connectivity index (χ2n) is 3.16. The fraction of sp³-hybridized carbons (Fsp3) is 0.600. The molecule has 3 N–H and O–H groups in total. The highest BCUT2D eigenvalue weighted by Crippen LogP contribution is 1.92. The molecule has 0 saturated carbocycles. The van der Waals surface area contributed by atoms with Crippen LogP contribution in [-0.4, -0.2) is 36.1 Å². The molecule has 0 spiro atoms. The molecule has 5 heteroatoms. The van der Waals surface area contributed by atoms with Gasteiger partial charge in [-0.2, -0.15) is 0 Å². The lowest BCUT2D eigenvalue weighted by molar-refractivity contribution is -0.141. The Balaban J connectivity index is 3.89. The molecule has 0 aromatic heterocycles. The maximum Gasteiger partial charge on any atom is 0.326 e. The number of amides is 1. The Bertz CT molecular complexity index is 229. The van der Waals surface area contributed by atoms with Gasteiger partial charge in [0, 0.05) is 0 Å². The van der Waals surface area contributed by atoms with E-state index in [9.17, 15) is 9.59 Å². The van der Waals surface area contributed by atoms with Crippen LogP contribution in [0.2, 0.25) is 0 Å². The molecule has 0 aliphatic heterocycles. The molecular weight excluding hydrogens is 196 g/mol. The molecule has 0 fully saturated rings. The normalized spacial score (nSPS) is 11.8. The lowest BCUT2D eigenvalue weighted by Crippen LogP contribution is -2.44. The zero-order chi connectivity index (χ0) is 11.7. The summed E-state index contributed by atoms with van der Waals surface area (Å²) in [6, 6.07) is -0.876. The number of carbonyl (C=O) groups excluding carboxylic acids is 1. The summed E-state index contributed by atoms with van der Waals surface area (Å²) in [6.07, 6.45) is 2.63. The first-order valence-corrected chi connectivity index (χ1v) is 4.95. The van der Waals surface area contributed by atoms with Gasteiger partial charge in [-0.05, 0) is 19.4 Å². The van der Waals surface area contributed by atoms with Crippen LogP contribution in [0.1, 0.15) is 19.8 Å². The molecule has 0 aromatic rings. The van der Waals surface area contributed by atoms with Crippen molar-refractivity contribution in [3.8, 4) is 0 Å². The minimum Gasteiger partial charge on any atom is -0.480 e. The van der Waals surface area contributed by atoms with Crippen molar-refractivity contribution in [3.05, 3.63) is 12.7 Å². The summed E-state index contributed by atoms with van der Waals surface area (Å²) >= 11 is 0. The zero-order valence-electron chi connectivity index (χ0n) is 8.95. The van der Waals surface area contributed by atoms with Crippen molar-refractivity contribution in [2.24, 2.45) is 0 Å². The minimum absolute atomic E-state index is 0.148. The Morgan fingerprint density at radius 2 is 2.20 bits per heavy atom. The maximum atomic E-state index is 11.2. The molecule has 0 aliphatic carbocycles. The van der Waals surface area contributed by atoms with E-state index in [1.807, 2.05) is 6.92 Å². The number of aliphatic carboxylic acids is 1. The molecule has 86 valence electrons. The highest BCUT2D eigenvalue weighted by molar-refractivity contribution is 5.84. The average Bonchev–Trinajstić information content (AvgIpc) is 2.17. The van der Waals surface area contributed by atoms with Gasteiger partial charge in [0.1, 0.15) is 6.04 Å². The van der Waals surface area contributed by atoms with E-state index in [0.29, 0.717) is 0 Å². The third kappa shape index (κ3) is 6.68. The fourth-order valence-corrected chi connectivity index (χ4v) is 1.01. The highest BCUT2D eigenvalue weighted by atomic mass is 16.4. The molecule has 0 aliphatic rings. The summed E-state index contributed by atoms with van der Waals surface area (Å²) < 4.78 is 0. The van der Waals surface area contributed by atoms with Crippen LogP contribution >= 0.6 is 0 Å². The van der Waals surface area contributed by atoms with Gasteiger partial charge in [0.2, 0.25) is 5.91 Å². The van der Waals surface area contributed by atoms with Gasteiger partial charge in [0.05, 0.1) is 6.54 Å². The van der Waals surface area contributed by atoms with Gasteiger partial charge >= 0.3 is 5.97 Å². The van der Waals surface area contributed by atoms with Crippen LogP contribution in [0.25, 0.3) is 0 Å². The van der Waals surface area contributed by atoms with Gasteiger partial charge in [-0.1, -0.05) is 13.0 Å². The molecule has 1 atom stereocenters. The van der Waals surface area contributed by atoms with Crippen molar-refractivity contribution in [2.45, 2.75) is 25.8 Å². The molecule has 0 rings (SSSR count). The molecule has 0 saturated heterocycles. The predicted molar refractivity (Wildman–Crippen MR) is 57.5 cm³/mol. The van der Waals surface area contributed by atoms with Gasteiger partial charge in [0.15, 0.2) is 0 Å². The quantitative estimate of drug-likeness (QED) is 0.396. The zero-order valence-corrected chi connectivity index (χ0v) is 8.95. The van der Waals surface area contributed by atoms with Crippen molar-refractivity contribution < 1.29 is 14.7 Å². The first-order valence-electron chi connectivity index (χ1n) is 4.95. The summed E-state index contributed by atoms with van der Waals surface area (Å²) in [5.41, 5.74) is 0. The van der Waals surface area contributed by atoms with Gasteiger partial charge < -0.3 is 15.7 Å². The first kappa shape index (κ1) is 13.6. The smallest absolute Gasteiger partial charge is 0.326 e. The second kappa shape index (κ2) is 7.99. The molecular formula is C10H18N2O3. The number of carbonyl (C=O) groups is 2. The van der Waals surface area contributed by atoms with Crippen LogP contribution in [0.4, 0.5) is 0 Å². The Morgan fingerprint density at radius 1 is 1.53 bits per heavy atom. The number of rotatable bonds is 8. The molecule has 15 heavy (non-hydrogen) atoms. The largest absolute Gasteiger partial charge is 0.480 e. The molecule has 0 bridgehead atoms. The summed E-state index contributed by atoms with van der Waals surface area (Å²) in [7, 11) is 0. The van der Waals surface area contributed by atoms with Crippen LogP contribution in [0.3, 0.4) is 0 Å². The number of carboxylic acids is 1. The lowest BCUT2D eigenvalue weighted by Gasteiger charge is -2.12. The van der Waals surface area contributed by atoms with E-state index in [4.69, 9.17) is 5.11 Å². The van der Waals surface area contributed by atoms with Gasteiger partial charge in [-0.25, -0.2) is 4.79 Å². The van der Waals surface area contributed by atoms with E-state index in [1.54, 1.807) is 0 Å². The summed E-state index contributed by atoms with van der Waals surface area (Å²) in [5, 5.41) is 14.0. The summed E-state index contributed by atoms with van der Waals surface area (Å²) in [4.78, 5) is 21.9. The number of hydrogen-bond donors (Lipinski definition) is 3. The Morgan fingerprint density at radius 3 is 2.67 bits per heavy atom. The third-order valence-corrected chi connectivity index (χ3v) is 1.75. The molecule has 1 unspecified atom stereocenters. The van der Waals surface area contributed by atoms with Gasteiger partial charge in [0.25, 0.3) is 0 Å². The van der Waals surface area contributed by atoms with E-state index in [1.165, 1.54) is 6.08 Å². The number of carboxylic acid groups (broad SMARTS) is 1. The molecule has 1 amide bonds. The van der Waals surface area contributed by atoms with Crippen LogP contribution in [0, 0.1) is 0 Å². The third-order valence-electron chi connectivity index (χ3n) is 1.75. The lowest BCUT2D eigenvalue weighted by atomic mass is 10.2. The van der Waals surface area contributed by atoms with Crippen molar-refractivity contribution in [2.75, 3.05) is 13.1 Å². The van der Waals surface area contributed by atoms with Crippen LogP contribution < -0.4 is 10.6 Å². The van der Waals surface area contributed by atoms with E-state index in [-0.39, 0.29) is 18.9 Å². The van der Waals surface area contributed by atoms with E-state index in [2.05, 4.69) is 17.2 Å². The SMILES string of the molecule is C=CCC(NC(=O)CNCCC)C(=O)O. The number of nitrogens with one attached hydrogen (secondary N) is 2. The van der Waals surface area contributed by atoms with Crippen LogP contribution in [-0.2, 0) is 9.59 Å². The second-order valence-corrected chi connectivity index (χ2v) is 3.16. The Labute approximate surface area is 89.6 Å². The predicted octanol–water partition coefficient (Wildman–Crippen LogP) is 0.132. The minimum atomic E-state index is -1.04. The molecule has 0 heterocycles. The highest BCUT2D eigenvalue weighted by Gasteiger charge is 2.17. The Kier molecular flexibility index (Phi) is 7.27. The standard InChI is InChI=1S/C10H18N2O3/c1-3-5-8(10(14)15)12-9(13)7-11-6-4-2/h3,8,11H,1,4-7H2,2H3,(H,12,13)(H,14,15). The van der Waals surface area contributed by atoms with Gasteiger partial charge in [-0.15, -0.1) is 6.58 Å². The fourth-order valence-electron chi connectivity index (χ4n) is 1.01. The van der Waals surface area contributed by atoms with E-state index in [0.717, 1.165) is 13.0 Å². The first-order chi connectivity index (χ1) is 7.11. The molecule has 0 radical (unpaired) electrons. The summed E-state index contributed by atoms with van der Waals surface area (Å²) in [5.74, 6) is -1.35. The summed E-state index contributed by atoms with van der Waals surface area (Å²) in [6.45, 7) is 6.31.